The minimum atomic E-state index is -1.50. The molecule has 0 aromatic carbocycles. The first-order chi connectivity index (χ1) is 4.33. The molecular weight excluding hydrogens is 173 g/mol. The zero-order valence-electron chi connectivity index (χ0n) is 6.50. The van der Waals surface area contributed by atoms with Crippen LogP contribution in [0.3, 0.4) is 0 Å². The van der Waals surface area contributed by atoms with E-state index < -0.39 is 17.7 Å². The highest BCUT2D eigenvalue weighted by atomic mass is 35.5. The van der Waals surface area contributed by atoms with Gasteiger partial charge in [0.25, 0.3) is 0 Å². The average molecular weight is 186 g/mol. The summed E-state index contributed by atoms with van der Waals surface area (Å²) in [6.45, 7) is 2.60. The van der Waals surface area contributed by atoms with E-state index in [1.165, 1.54) is 13.8 Å². The van der Waals surface area contributed by atoms with Crippen molar-refractivity contribution in [2.75, 3.05) is 0 Å². The molecule has 3 nitrogen and oxygen atoms in total. The van der Waals surface area contributed by atoms with Crippen molar-refractivity contribution in [3.05, 3.63) is 0 Å². The second kappa shape index (κ2) is 4.51. The van der Waals surface area contributed by atoms with E-state index in [1.807, 2.05) is 0 Å². The number of aliphatic carboxylic acids is 1. The van der Waals surface area contributed by atoms with Crippen molar-refractivity contribution in [1.29, 1.82) is 0 Å². The lowest BCUT2D eigenvalue weighted by atomic mass is 10.0. The smallest absolute Gasteiger partial charge is 0.320 e. The number of carboxylic acid groups (broad SMARTS) is 1. The summed E-state index contributed by atoms with van der Waals surface area (Å²) in [6, 6.07) is -1.10. The van der Waals surface area contributed by atoms with Gasteiger partial charge in [0.05, 0.1) is 0 Å². The largest absolute Gasteiger partial charge is 0.480 e. The molecule has 0 aliphatic carbocycles. The van der Waals surface area contributed by atoms with Crippen LogP contribution in [-0.2, 0) is 4.79 Å². The van der Waals surface area contributed by atoms with Gasteiger partial charge >= 0.3 is 5.97 Å². The third-order valence-electron chi connectivity index (χ3n) is 1.02. The molecule has 0 radical (unpaired) electrons. The molecule has 0 rings (SSSR count). The maximum Gasteiger partial charge on any atom is 0.320 e. The van der Waals surface area contributed by atoms with Crippen molar-refractivity contribution in [2.24, 2.45) is 5.73 Å². The molecule has 1 atom stereocenters. The molecule has 0 unspecified atom stereocenters. The molecule has 0 fully saturated rings. The first-order valence-electron chi connectivity index (χ1n) is 3.00. The van der Waals surface area contributed by atoms with E-state index in [1.54, 1.807) is 0 Å². The molecule has 0 spiro atoms. The van der Waals surface area contributed by atoms with E-state index in [2.05, 4.69) is 0 Å². The topological polar surface area (TPSA) is 63.3 Å². The second-order valence-corrected chi connectivity index (χ2v) is 2.87. The first-order valence-corrected chi connectivity index (χ1v) is 3.00. The standard InChI is InChI=1S/C6H12FNO2.ClH/c1-6(2,7)3-4(8)5(9)10;/h4H,3,8H2,1-2H3,(H,9,10);1H/t4-;/m1./s1. The van der Waals surface area contributed by atoms with Gasteiger partial charge in [0.15, 0.2) is 0 Å². The quantitative estimate of drug-likeness (QED) is 0.689. The molecule has 0 bridgehead atoms. The second-order valence-electron chi connectivity index (χ2n) is 2.87. The summed E-state index contributed by atoms with van der Waals surface area (Å²) >= 11 is 0. The summed E-state index contributed by atoms with van der Waals surface area (Å²) in [5.74, 6) is -1.16. The number of nitrogens with two attached hydrogens (primary N) is 1. The van der Waals surface area contributed by atoms with Crippen LogP contribution in [0.2, 0.25) is 0 Å². The monoisotopic (exact) mass is 185 g/mol. The van der Waals surface area contributed by atoms with E-state index >= 15 is 0 Å². The third-order valence-corrected chi connectivity index (χ3v) is 1.02. The van der Waals surface area contributed by atoms with Crippen LogP contribution in [-0.4, -0.2) is 22.8 Å². The van der Waals surface area contributed by atoms with Gasteiger partial charge in [-0.05, 0) is 13.8 Å². The maximum absolute atomic E-state index is 12.7. The Bertz CT molecular complexity index is 135. The van der Waals surface area contributed by atoms with Gasteiger partial charge in [-0.1, -0.05) is 0 Å². The van der Waals surface area contributed by atoms with Crippen LogP contribution in [0.4, 0.5) is 4.39 Å². The highest BCUT2D eigenvalue weighted by Gasteiger charge is 2.23. The molecule has 0 saturated carbocycles. The van der Waals surface area contributed by atoms with Crippen LogP contribution in [0.5, 0.6) is 0 Å². The van der Waals surface area contributed by atoms with Crippen LogP contribution in [0, 0.1) is 0 Å². The zero-order valence-corrected chi connectivity index (χ0v) is 7.32. The average Bonchev–Trinajstić information content (AvgIpc) is 1.60. The van der Waals surface area contributed by atoms with Gasteiger partial charge in [-0.25, -0.2) is 4.39 Å². The highest BCUT2D eigenvalue weighted by molar-refractivity contribution is 5.85. The third kappa shape index (κ3) is 7.55. The molecular formula is C6H13ClFNO2. The highest BCUT2D eigenvalue weighted by Crippen LogP contribution is 2.14. The number of hydrogen-bond donors (Lipinski definition) is 2. The van der Waals surface area contributed by atoms with Gasteiger partial charge in [-0.15, -0.1) is 12.4 Å². The predicted octanol–water partition coefficient (Wildman–Crippen LogP) is 0.958. The first kappa shape index (κ1) is 13.3. The van der Waals surface area contributed by atoms with Crippen molar-refractivity contribution in [2.45, 2.75) is 32.0 Å². The molecule has 0 aromatic heterocycles. The minimum absolute atomic E-state index is 0. The van der Waals surface area contributed by atoms with E-state index in [-0.39, 0.29) is 18.8 Å². The lowest BCUT2D eigenvalue weighted by Gasteiger charge is -2.15. The lowest BCUT2D eigenvalue weighted by Crippen LogP contribution is -2.35. The van der Waals surface area contributed by atoms with Gasteiger partial charge < -0.3 is 10.8 Å². The SMILES string of the molecule is CC(C)(F)C[C@@H](N)C(=O)O.Cl. The Morgan fingerprint density at radius 2 is 2.09 bits per heavy atom. The van der Waals surface area contributed by atoms with E-state index in [9.17, 15) is 9.18 Å². The van der Waals surface area contributed by atoms with Gasteiger partial charge in [-0.2, -0.15) is 0 Å². The van der Waals surface area contributed by atoms with Gasteiger partial charge in [0, 0.05) is 6.42 Å². The number of rotatable bonds is 3. The van der Waals surface area contributed by atoms with Crippen LogP contribution in [0.15, 0.2) is 0 Å². The minimum Gasteiger partial charge on any atom is -0.480 e. The van der Waals surface area contributed by atoms with Crippen LogP contribution >= 0.6 is 12.4 Å². The maximum atomic E-state index is 12.7. The zero-order chi connectivity index (χ0) is 8.36. The molecule has 68 valence electrons. The summed E-state index contributed by atoms with van der Waals surface area (Å²) in [7, 11) is 0. The van der Waals surface area contributed by atoms with Crippen LogP contribution < -0.4 is 5.73 Å². The summed E-state index contributed by atoms with van der Waals surface area (Å²) in [5.41, 5.74) is 3.56. The number of hydrogen-bond acceptors (Lipinski definition) is 2. The van der Waals surface area contributed by atoms with Gasteiger partial charge in [0.2, 0.25) is 0 Å². The van der Waals surface area contributed by atoms with Crippen molar-refractivity contribution in [3.8, 4) is 0 Å². The summed E-state index contributed by atoms with van der Waals surface area (Å²) < 4.78 is 12.7. The fraction of sp³-hybridized carbons (Fsp3) is 0.833. The van der Waals surface area contributed by atoms with Crippen molar-refractivity contribution >= 4 is 18.4 Å². The lowest BCUT2D eigenvalue weighted by molar-refractivity contribution is -0.139. The molecule has 0 aliphatic heterocycles. The van der Waals surface area contributed by atoms with Gasteiger partial charge in [-0.3, -0.25) is 4.79 Å². The molecule has 0 amide bonds. The molecule has 0 aliphatic rings. The molecule has 5 heteroatoms. The van der Waals surface area contributed by atoms with Crippen molar-refractivity contribution in [3.63, 3.8) is 0 Å². The Labute approximate surface area is 71.2 Å². The molecule has 0 saturated heterocycles. The Kier molecular flexibility index (Phi) is 5.44. The number of halogens is 2. The number of carboxylic acids is 1. The van der Waals surface area contributed by atoms with E-state index in [0.29, 0.717) is 0 Å². The summed E-state index contributed by atoms with van der Waals surface area (Å²) in [6.07, 6.45) is -0.150. The molecule has 0 heterocycles. The Hall–Kier alpha value is -0.350. The van der Waals surface area contributed by atoms with E-state index in [4.69, 9.17) is 10.8 Å². The fourth-order valence-electron chi connectivity index (χ4n) is 0.610. The Morgan fingerprint density at radius 3 is 2.18 bits per heavy atom. The van der Waals surface area contributed by atoms with Crippen LogP contribution in [0.1, 0.15) is 20.3 Å². The number of alkyl halides is 1. The van der Waals surface area contributed by atoms with Crippen molar-refractivity contribution < 1.29 is 14.3 Å². The molecule has 11 heavy (non-hydrogen) atoms. The molecule has 0 aromatic rings. The fourth-order valence-corrected chi connectivity index (χ4v) is 0.610. The van der Waals surface area contributed by atoms with E-state index in [0.717, 1.165) is 0 Å². The summed E-state index contributed by atoms with van der Waals surface area (Å²) in [5, 5.41) is 8.25. The van der Waals surface area contributed by atoms with Gasteiger partial charge in [0.1, 0.15) is 11.7 Å². The predicted molar refractivity (Wildman–Crippen MR) is 42.7 cm³/mol. The normalized spacial score (nSPS) is 13.5. The number of carbonyl (C=O) groups is 1. The Balaban J connectivity index is 0. The molecule has 3 N–H and O–H groups in total. The van der Waals surface area contributed by atoms with Crippen molar-refractivity contribution in [1.82, 2.24) is 0 Å². The summed E-state index contributed by atoms with van der Waals surface area (Å²) in [4.78, 5) is 10.1. The van der Waals surface area contributed by atoms with Crippen LogP contribution in [0.25, 0.3) is 0 Å². The Morgan fingerprint density at radius 1 is 1.73 bits per heavy atom.